The predicted molar refractivity (Wildman–Crippen MR) is 66.6 cm³/mol. The van der Waals surface area contributed by atoms with Gasteiger partial charge in [0.2, 0.25) is 5.91 Å². The molecule has 1 saturated carbocycles. The summed E-state index contributed by atoms with van der Waals surface area (Å²) in [5.41, 5.74) is 0.324. The van der Waals surface area contributed by atoms with Crippen LogP contribution in [0.2, 0.25) is 0 Å². The molecule has 5 heteroatoms. The van der Waals surface area contributed by atoms with Crippen LogP contribution < -0.4 is 10.6 Å². The second-order valence-electron chi connectivity index (χ2n) is 5.29. The summed E-state index contributed by atoms with van der Waals surface area (Å²) in [6.07, 6.45) is 1.53. The number of carbonyl (C=O) groups excluding carboxylic acids is 1. The molecule has 1 aliphatic heterocycles. The zero-order chi connectivity index (χ0) is 13.4. The zero-order valence-electron chi connectivity index (χ0n) is 10.5. The first-order valence-corrected chi connectivity index (χ1v) is 6.62. The smallest absolute Gasteiger partial charge is 0.224 e. The van der Waals surface area contributed by atoms with E-state index in [9.17, 15) is 13.6 Å². The van der Waals surface area contributed by atoms with Gasteiger partial charge in [-0.2, -0.15) is 0 Å². The highest BCUT2D eigenvalue weighted by Gasteiger charge is 2.46. The van der Waals surface area contributed by atoms with Crippen LogP contribution in [0.3, 0.4) is 0 Å². The summed E-state index contributed by atoms with van der Waals surface area (Å²) < 4.78 is 26.8. The maximum absolute atomic E-state index is 13.6. The van der Waals surface area contributed by atoms with Gasteiger partial charge in [0.25, 0.3) is 0 Å². The molecule has 3 rings (SSSR count). The van der Waals surface area contributed by atoms with E-state index in [0.717, 1.165) is 25.6 Å². The van der Waals surface area contributed by atoms with E-state index in [1.165, 1.54) is 6.07 Å². The van der Waals surface area contributed by atoms with Crippen LogP contribution in [0, 0.1) is 17.6 Å². The fourth-order valence-corrected chi connectivity index (χ4v) is 2.72. The average molecular weight is 266 g/mol. The van der Waals surface area contributed by atoms with Gasteiger partial charge in [-0.25, -0.2) is 8.78 Å². The Labute approximate surface area is 110 Å². The Kier molecular flexibility index (Phi) is 3.22. The second-order valence-corrected chi connectivity index (χ2v) is 5.29. The van der Waals surface area contributed by atoms with Gasteiger partial charge in [0.15, 0.2) is 11.6 Å². The maximum Gasteiger partial charge on any atom is 0.224 e. The Hall–Kier alpha value is -1.49. The predicted octanol–water partition coefficient (Wildman–Crippen LogP) is 1.55. The first kappa shape index (κ1) is 12.5. The fourth-order valence-electron chi connectivity index (χ4n) is 2.72. The minimum atomic E-state index is -0.844. The Morgan fingerprint density at radius 1 is 1.37 bits per heavy atom. The minimum Gasteiger partial charge on any atom is -0.352 e. The molecule has 1 saturated heterocycles. The standard InChI is InChI=1S/C14H16F2N2O/c15-12-3-1-2-9(13(12)16)10-6-11(10)14(19)18-8-4-5-17-7-8/h1-3,8,10-11,17H,4-7H2,(H,18,19). The Bertz CT molecular complexity index is 500. The van der Waals surface area contributed by atoms with Crippen LogP contribution in [0.25, 0.3) is 0 Å². The summed E-state index contributed by atoms with van der Waals surface area (Å²) in [7, 11) is 0. The molecular weight excluding hydrogens is 250 g/mol. The summed E-state index contributed by atoms with van der Waals surface area (Å²) in [6, 6.07) is 4.32. The van der Waals surface area contributed by atoms with Crippen molar-refractivity contribution in [2.75, 3.05) is 13.1 Å². The van der Waals surface area contributed by atoms with E-state index in [4.69, 9.17) is 0 Å². The molecule has 3 atom stereocenters. The van der Waals surface area contributed by atoms with Crippen molar-refractivity contribution in [2.24, 2.45) is 5.92 Å². The van der Waals surface area contributed by atoms with Gasteiger partial charge in [-0.1, -0.05) is 12.1 Å². The molecule has 19 heavy (non-hydrogen) atoms. The third kappa shape index (κ3) is 2.47. The SMILES string of the molecule is O=C(NC1CCNC1)C1CC1c1cccc(F)c1F. The third-order valence-corrected chi connectivity index (χ3v) is 3.91. The van der Waals surface area contributed by atoms with Crippen molar-refractivity contribution >= 4 is 5.91 Å². The summed E-state index contributed by atoms with van der Waals surface area (Å²) >= 11 is 0. The number of hydrogen-bond donors (Lipinski definition) is 2. The number of hydrogen-bond acceptors (Lipinski definition) is 2. The van der Waals surface area contributed by atoms with E-state index in [2.05, 4.69) is 10.6 Å². The van der Waals surface area contributed by atoms with Crippen molar-refractivity contribution in [3.63, 3.8) is 0 Å². The topological polar surface area (TPSA) is 41.1 Å². The normalized spacial score (nSPS) is 29.3. The first-order chi connectivity index (χ1) is 9.16. The lowest BCUT2D eigenvalue weighted by molar-refractivity contribution is -0.123. The molecule has 3 unspecified atom stereocenters. The highest BCUT2D eigenvalue weighted by molar-refractivity contribution is 5.83. The first-order valence-electron chi connectivity index (χ1n) is 6.62. The number of carbonyl (C=O) groups is 1. The van der Waals surface area contributed by atoms with Gasteiger partial charge >= 0.3 is 0 Å². The molecule has 1 aromatic carbocycles. The number of nitrogens with one attached hydrogen (secondary N) is 2. The van der Waals surface area contributed by atoms with Crippen molar-refractivity contribution < 1.29 is 13.6 Å². The molecule has 2 aliphatic rings. The minimum absolute atomic E-state index is 0.0395. The lowest BCUT2D eigenvalue weighted by Crippen LogP contribution is -2.37. The molecule has 0 radical (unpaired) electrons. The fraction of sp³-hybridized carbons (Fsp3) is 0.500. The highest BCUT2D eigenvalue weighted by atomic mass is 19.2. The molecule has 1 amide bonds. The highest BCUT2D eigenvalue weighted by Crippen LogP contribution is 2.48. The number of benzene rings is 1. The molecule has 0 spiro atoms. The summed E-state index contributed by atoms with van der Waals surface area (Å²) in [4.78, 5) is 12.0. The van der Waals surface area contributed by atoms with Crippen LogP contribution >= 0.6 is 0 Å². The lowest BCUT2D eigenvalue weighted by Gasteiger charge is -2.11. The molecule has 1 aromatic rings. The molecule has 1 heterocycles. The lowest BCUT2D eigenvalue weighted by atomic mass is 10.1. The summed E-state index contributed by atoms with van der Waals surface area (Å²) in [6.45, 7) is 1.70. The van der Waals surface area contributed by atoms with Gasteiger partial charge in [0.1, 0.15) is 0 Å². The van der Waals surface area contributed by atoms with E-state index in [1.807, 2.05) is 0 Å². The molecule has 0 bridgehead atoms. The van der Waals surface area contributed by atoms with Crippen LogP contribution in [0.1, 0.15) is 24.3 Å². The van der Waals surface area contributed by atoms with Crippen LogP contribution in [-0.2, 0) is 4.79 Å². The molecule has 2 N–H and O–H groups in total. The quantitative estimate of drug-likeness (QED) is 0.871. The van der Waals surface area contributed by atoms with Crippen LogP contribution in [0.4, 0.5) is 8.78 Å². The van der Waals surface area contributed by atoms with Crippen LogP contribution in [0.5, 0.6) is 0 Å². The van der Waals surface area contributed by atoms with Gasteiger partial charge in [-0.05, 0) is 36.9 Å². The Morgan fingerprint density at radius 2 is 2.21 bits per heavy atom. The number of amides is 1. The molecule has 102 valence electrons. The molecule has 2 fully saturated rings. The van der Waals surface area contributed by atoms with Crippen molar-refractivity contribution in [1.82, 2.24) is 10.6 Å². The summed E-state index contributed by atoms with van der Waals surface area (Å²) in [5.74, 6) is -2.08. The zero-order valence-corrected chi connectivity index (χ0v) is 10.5. The second kappa shape index (κ2) is 4.89. The van der Waals surface area contributed by atoms with Crippen LogP contribution in [0.15, 0.2) is 18.2 Å². The van der Waals surface area contributed by atoms with Gasteiger partial charge in [-0.15, -0.1) is 0 Å². The Morgan fingerprint density at radius 3 is 2.95 bits per heavy atom. The molecule has 3 nitrogen and oxygen atoms in total. The van der Waals surface area contributed by atoms with Gasteiger partial charge in [-0.3, -0.25) is 4.79 Å². The van der Waals surface area contributed by atoms with Gasteiger partial charge in [0, 0.05) is 18.5 Å². The van der Waals surface area contributed by atoms with E-state index in [-0.39, 0.29) is 23.8 Å². The van der Waals surface area contributed by atoms with Crippen LogP contribution in [-0.4, -0.2) is 25.0 Å². The average Bonchev–Trinajstić information content (AvgIpc) is 3.03. The monoisotopic (exact) mass is 266 g/mol. The number of halogens is 2. The summed E-state index contributed by atoms with van der Waals surface area (Å²) in [5, 5.41) is 6.13. The largest absolute Gasteiger partial charge is 0.352 e. The van der Waals surface area contributed by atoms with E-state index < -0.39 is 11.6 Å². The van der Waals surface area contributed by atoms with E-state index >= 15 is 0 Å². The van der Waals surface area contributed by atoms with Crippen molar-refractivity contribution in [3.05, 3.63) is 35.4 Å². The molecular formula is C14H16F2N2O. The van der Waals surface area contributed by atoms with Gasteiger partial charge in [0.05, 0.1) is 0 Å². The molecule has 1 aliphatic carbocycles. The van der Waals surface area contributed by atoms with Crippen molar-refractivity contribution in [2.45, 2.75) is 24.8 Å². The van der Waals surface area contributed by atoms with Gasteiger partial charge < -0.3 is 10.6 Å². The Balaban J connectivity index is 1.63. The van der Waals surface area contributed by atoms with E-state index in [1.54, 1.807) is 6.07 Å². The number of rotatable bonds is 3. The van der Waals surface area contributed by atoms with Crippen molar-refractivity contribution in [1.29, 1.82) is 0 Å². The maximum atomic E-state index is 13.6. The van der Waals surface area contributed by atoms with E-state index in [0.29, 0.717) is 12.0 Å². The third-order valence-electron chi connectivity index (χ3n) is 3.91. The molecule has 0 aromatic heterocycles. The van der Waals surface area contributed by atoms with Crippen molar-refractivity contribution in [3.8, 4) is 0 Å².